The summed E-state index contributed by atoms with van der Waals surface area (Å²) in [5, 5.41) is 7.98. The Morgan fingerprint density at radius 1 is 1.14 bits per heavy atom. The van der Waals surface area contributed by atoms with Crippen LogP contribution in [-0.2, 0) is 19.6 Å². The minimum atomic E-state index is -5.08. The minimum absolute atomic E-state index is 0.0344. The smallest absolute Gasteiger partial charge is 0.475 e. The predicted octanol–water partition coefficient (Wildman–Crippen LogP) is 2.59. The number of alkyl halides is 3. The molecule has 0 atom stereocenters. The van der Waals surface area contributed by atoms with Crippen LogP contribution < -0.4 is 15.4 Å². The number of benzene rings is 1. The van der Waals surface area contributed by atoms with Gasteiger partial charge in [-0.3, -0.25) is 4.79 Å². The number of aromatic nitrogens is 1. The zero-order valence-corrected chi connectivity index (χ0v) is 21.5. The number of fused-ring (bicyclic) bond motifs is 1. The summed E-state index contributed by atoms with van der Waals surface area (Å²) in [5.41, 5.74) is 6.86. The van der Waals surface area contributed by atoms with Crippen molar-refractivity contribution in [1.82, 2.24) is 14.6 Å². The number of anilines is 2. The molecule has 1 aromatic carbocycles. The molecule has 0 radical (unpaired) electrons. The van der Waals surface area contributed by atoms with Crippen molar-refractivity contribution in [2.75, 3.05) is 36.8 Å². The Morgan fingerprint density at radius 2 is 1.70 bits per heavy atom. The van der Waals surface area contributed by atoms with Crippen LogP contribution in [0.25, 0.3) is 10.9 Å². The van der Waals surface area contributed by atoms with E-state index >= 15 is 0 Å². The highest BCUT2D eigenvalue weighted by molar-refractivity contribution is 7.89. The molecule has 1 aromatic heterocycles. The second kappa shape index (κ2) is 10.3. The largest absolute Gasteiger partial charge is 0.490 e. The molecule has 10 nitrogen and oxygen atoms in total. The quantitative estimate of drug-likeness (QED) is 0.520. The van der Waals surface area contributed by atoms with E-state index in [0.717, 1.165) is 23.9 Å². The molecule has 2 aromatic rings. The van der Waals surface area contributed by atoms with E-state index in [1.807, 2.05) is 31.7 Å². The molecule has 4 N–H and O–H groups in total. The molecule has 204 valence electrons. The highest BCUT2D eigenvalue weighted by Crippen LogP contribution is 2.37. The molecule has 0 bridgehead atoms. The third-order valence-electron chi connectivity index (χ3n) is 6.14. The van der Waals surface area contributed by atoms with Crippen molar-refractivity contribution in [3.63, 3.8) is 0 Å². The Balaban J connectivity index is 0.000000479. The summed E-state index contributed by atoms with van der Waals surface area (Å²) in [6.45, 7) is 8.19. The third kappa shape index (κ3) is 7.01. The van der Waals surface area contributed by atoms with E-state index in [9.17, 15) is 26.4 Å². The van der Waals surface area contributed by atoms with Gasteiger partial charge in [0.2, 0.25) is 15.9 Å². The lowest BCUT2D eigenvalue weighted by molar-refractivity contribution is -0.192. The van der Waals surface area contributed by atoms with E-state index in [4.69, 9.17) is 15.6 Å². The first-order valence-corrected chi connectivity index (χ1v) is 13.1. The Bertz CT molecular complexity index is 1290. The summed E-state index contributed by atoms with van der Waals surface area (Å²) in [4.78, 5) is 29.8. The van der Waals surface area contributed by atoms with Gasteiger partial charge in [0.15, 0.2) is 0 Å². The summed E-state index contributed by atoms with van der Waals surface area (Å²) >= 11 is 0. The Morgan fingerprint density at radius 3 is 2.19 bits per heavy atom. The normalized spacial score (nSPS) is 17.4. The van der Waals surface area contributed by atoms with Crippen molar-refractivity contribution >= 4 is 44.3 Å². The molecule has 1 saturated heterocycles. The molecule has 2 heterocycles. The van der Waals surface area contributed by atoms with E-state index in [0.29, 0.717) is 37.5 Å². The highest BCUT2D eigenvalue weighted by atomic mass is 32.2. The van der Waals surface area contributed by atoms with E-state index in [1.165, 1.54) is 0 Å². The Kier molecular flexibility index (Phi) is 7.94. The van der Waals surface area contributed by atoms with Crippen LogP contribution in [-0.4, -0.2) is 73.2 Å². The molecule has 2 fully saturated rings. The number of nitrogens with two attached hydrogens (primary N) is 1. The number of sulfonamides is 1. The molecule has 1 amide bonds. The number of hydrogen-bond acceptors (Lipinski definition) is 7. The molecule has 1 saturated carbocycles. The van der Waals surface area contributed by atoms with Crippen molar-refractivity contribution in [2.45, 2.75) is 50.2 Å². The maximum Gasteiger partial charge on any atom is 0.490 e. The van der Waals surface area contributed by atoms with Gasteiger partial charge in [0, 0.05) is 48.7 Å². The van der Waals surface area contributed by atoms with Crippen molar-refractivity contribution in [2.24, 2.45) is 5.92 Å². The number of amides is 1. The molecule has 14 heteroatoms. The molecule has 4 rings (SSSR count). The van der Waals surface area contributed by atoms with Gasteiger partial charge in [-0.25, -0.2) is 22.9 Å². The summed E-state index contributed by atoms with van der Waals surface area (Å²) in [6, 6.07) is 6.91. The fourth-order valence-electron chi connectivity index (χ4n) is 3.83. The number of nitrogen functional groups attached to an aromatic ring is 1. The van der Waals surface area contributed by atoms with Gasteiger partial charge in [-0.05, 0) is 44.0 Å². The molecule has 2 aliphatic rings. The molecule has 0 spiro atoms. The average molecular weight is 546 g/mol. The predicted molar refractivity (Wildman–Crippen MR) is 131 cm³/mol. The van der Waals surface area contributed by atoms with Crippen LogP contribution in [0.1, 0.15) is 33.6 Å². The SMILES string of the molecule is CC(C)C(=O)N1CCN(c2cc(S(=O)(=O)NC3(C)CC3)cc3nc(N)ccc23)CC1.O=C(O)C(F)(F)F. The number of nitrogens with one attached hydrogen (secondary N) is 1. The van der Waals surface area contributed by atoms with Crippen molar-refractivity contribution in [3.8, 4) is 0 Å². The van der Waals surface area contributed by atoms with E-state index in [1.54, 1.807) is 18.2 Å². The third-order valence-corrected chi connectivity index (χ3v) is 7.76. The first-order valence-electron chi connectivity index (χ1n) is 11.6. The van der Waals surface area contributed by atoms with Crippen LogP contribution in [0.3, 0.4) is 0 Å². The molecular weight excluding hydrogens is 515 g/mol. The van der Waals surface area contributed by atoms with Gasteiger partial charge in [-0.2, -0.15) is 13.2 Å². The second-order valence-electron chi connectivity index (χ2n) is 9.68. The summed E-state index contributed by atoms with van der Waals surface area (Å²) in [5.74, 6) is -2.30. The maximum absolute atomic E-state index is 13.0. The van der Waals surface area contributed by atoms with Crippen LogP contribution in [0.4, 0.5) is 24.7 Å². The van der Waals surface area contributed by atoms with Gasteiger partial charge < -0.3 is 20.6 Å². The Labute approximate surface area is 212 Å². The van der Waals surface area contributed by atoms with Crippen molar-refractivity contribution in [3.05, 3.63) is 24.3 Å². The van der Waals surface area contributed by atoms with Gasteiger partial charge in [0.1, 0.15) is 5.82 Å². The van der Waals surface area contributed by atoms with Crippen LogP contribution in [0.2, 0.25) is 0 Å². The highest BCUT2D eigenvalue weighted by Gasteiger charge is 2.41. The first kappa shape index (κ1) is 28.4. The van der Waals surface area contributed by atoms with Crippen LogP contribution in [0.5, 0.6) is 0 Å². The standard InChI is InChI=1S/C21H29N5O3S.C2HF3O2/c1-14(2)20(27)26-10-8-25(9-11-26)18-13-15(30(28,29)24-21(3)6-7-21)12-17-16(18)4-5-19(22)23-17;3-2(4,5)1(6)7/h4-5,12-14,24H,6-11H2,1-3H3,(H2,22,23);(H,6,7). The fraction of sp³-hybridized carbons (Fsp3) is 0.522. The average Bonchev–Trinajstić information content (AvgIpc) is 3.52. The van der Waals surface area contributed by atoms with E-state index in [2.05, 4.69) is 14.6 Å². The maximum atomic E-state index is 13.0. The van der Waals surface area contributed by atoms with E-state index < -0.39 is 22.2 Å². The second-order valence-corrected chi connectivity index (χ2v) is 11.4. The topological polar surface area (TPSA) is 146 Å². The number of aliphatic carboxylic acids is 1. The van der Waals surface area contributed by atoms with Crippen molar-refractivity contribution < 1.29 is 36.3 Å². The monoisotopic (exact) mass is 545 g/mol. The lowest BCUT2D eigenvalue weighted by atomic mass is 10.1. The van der Waals surface area contributed by atoms with Crippen LogP contribution in [0.15, 0.2) is 29.2 Å². The minimum Gasteiger partial charge on any atom is -0.475 e. The van der Waals surface area contributed by atoms with Gasteiger partial charge in [-0.1, -0.05) is 13.8 Å². The zero-order chi connectivity index (χ0) is 27.8. The number of carboxylic acids is 1. The van der Waals surface area contributed by atoms with Crippen LogP contribution >= 0.6 is 0 Å². The lowest BCUT2D eigenvalue weighted by Crippen LogP contribution is -2.50. The van der Waals surface area contributed by atoms with Gasteiger partial charge in [-0.15, -0.1) is 0 Å². The van der Waals surface area contributed by atoms with Gasteiger partial charge in [0.05, 0.1) is 10.4 Å². The van der Waals surface area contributed by atoms with Crippen LogP contribution in [0, 0.1) is 5.92 Å². The number of rotatable bonds is 5. The first-order chi connectivity index (χ1) is 17.0. The number of piperazine rings is 1. The van der Waals surface area contributed by atoms with Gasteiger partial charge in [0.25, 0.3) is 0 Å². The zero-order valence-electron chi connectivity index (χ0n) is 20.7. The van der Waals surface area contributed by atoms with E-state index in [-0.39, 0.29) is 22.3 Å². The number of carbonyl (C=O) groups excluding carboxylic acids is 1. The number of halogens is 3. The molecule has 1 aliphatic heterocycles. The Hall–Kier alpha value is -3.13. The summed E-state index contributed by atoms with van der Waals surface area (Å²) < 4.78 is 60.6. The molecule has 1 aliphatic carbocycles. The number of pyridine rings is 1. The number of carboxylic acid groups (broad SMARTS) is 1. The number of carbonyl (C=O) groups is 2. The lowest BCUT2D eigenvalue weighted by Gasteiger charge is -2.37. The molecule has 0 unspecified atom stereocenters. The summed E-state index contributed by atoms with van der Waals surface area (Å²) in [7, 11) is -3.68. The molecular formula is C23H30F3N5O5S. The number of hydrogen-bond donors (Lipinski definition) is 3. The fourth-order valence-corrected chi connectivity index (χ4v) is 5.33. The summed E-state index contributed by atoms with van der Waals surface area (Å²) in [6.07, 6.45) is -3.41. The molecule has 37 heavy (non-hydrogen) atoms. The van der Waals surface area contributed by atoms with Crippen molar-refractivity contribution in [1.29, 1.82) is 0 Å². The number of nitrogens with zero attached hydrogens (tertiary/aromatic N) is 3. The van der Waals surface area contributed by atoms with Gasteiger partial charge >= 0.3 is 12.1 Å².